The van der Waals surface area contributed by atoms with Gasteiger partial charge in [-0.15, -0.1) is 0 Å². The molecule has 0 aliphatic rings. The summed E-state index contributed by atoms with van der Waals surface area (Å²) in [4.78, 5) is 28.9. The molecular weight excluding hydrogens is 523 g/mol. The van der Waals surface area contributed by atoms with Gasteiger partial charge in [0, 0.05) is 5.02 Å². The van der Waals surface area contributed by atoms with Gasteiger partial charge in [0.05, 0.1) is 35.8 Å². The van der Waals surface area contributed by atoms with Crippen molar-refractivity contribution in [1.29, 1.82) is 5.26 Å². The maximum atomic E-state index is 13.7. The van der Waals surface area contributed by atoms with Crippen molar-refractivity contribution in [2.24, 2.45) is 0 Å². The molecule has 0 amide bonds. The number of hydrogen-bond donors (Lipinski definition) is 1. The summed E-state index contributed by atoms with van der Waals surface area (Å²) in [6, 6.07) is 14.2. The number of rotatable bonds is 6. The molecule has 194 valence electrons. The lowest BCUT2D eigenvalue weighted by molar-refractivity contribution is -0.142. The first kappa shape index (κ1) is 26.6. The Hall–Kier alpha value is -4.43. The third-order valence-electron chi connectivity index (χ3n) is 5.56. The fraction of sp³-hybridized carbons (Fsp3) is 0.192. The molecule has 0 saturated heterocycles. The lowest BCUT2D eigenvalue weighted by atomic mass is 9.99. The smallest absolute Gasteiger partial charge is 0.437 e. The quantitative estimate of drug-likeness (QED) is 0.345. The molecule has 38 heavy (non-hydrogen) atoms. The third kappa shape index (κ3) is 5.76. The number of H-pyrrole nitrogens is 1. The average Bonchev–Trinajstić information content (AvgIpc) is 2.86. The molecular formula is C26H19ClF3N5O3. The van der Waals surface area contributed by atoms with Crippen molar-refractivity contribution >= 4 is 11.6 Å². The Morgan fingerprint density at radius 1 is 1.13 bits per heavy atom. The van der Waals surface area contributed by atoms with Crippen LogP contribution in [0.5, 0.6) is 11.5 Å². The summed E-state index contributed by atoms with van der Waals surface area (Å²) in [6.45, 7) is 3.76. The van der Waals surface area contributed by atoms with Gasteiger partial charge in [-0.1, -0.05) is 49.7 Å². The largest absolute Gasteiger partial charge is 0.449 e. The van der Waals surface area contributed by atoms with Crippen LogP contribution in [0.25, 0.3) is 11.1 Å². The summed E-state index contributed by atoms with van der Waals surface area (Å²) in [7, 11) is 0. The summed E-state index contributed by atoms with van der Waals surface area (Å²) in [5, 5.41) is 15.4. The highest BCUT2D eigenvalue weighted by Gasteiger charge is 2.38. The molecule has 2 aromatic carbocycles. The van der Waals surface area contributed by atoms with Crippen LogP contribution < -0.4 is 15.9 Å². The summed E-state index contributed by atoms with van der Waals surface area (Å²) in [5.74, 6) is -1.05. The van der Waals surface area contributed by atoms with Gasteiger partial charge >= 0.3 is 6.18 Å². The number of nitriles is 1. The van der Waals surface area contributed by atoms with Crippen LogP contribution in [0.1, 0.15) is 42.3 Å². The van der Waals surface area contributed by atoms with E-state index >= 15 is 0 Å². The molecule has 0 unspecified atom stereocenters. The third-order valence-corrected chi connectivity index (χ3v) is 5.78. The van der Waals surface area contributed by atoms with Crippen LogP contribution in [-0.2, 0) is 12.7 Å². The maximum absolute atomic E-state index is 13.7. The number of ether oxygens (including phenoxy) is 1. The molecule has 4 rings (SSSR count). The van der Waals surface area contributed by atoms with E-state index in [1.165, 1.54) is 18.2 Å². The highest BCUT2D eigenvalue weighted by atomic mass is 35.5. The highest BCUT2D eigenvalue weighted by molar-refractivity contribution is 6.30. The van der Waals surface area contributed by atoms with Crippen molar-refractivity contribution in [1.82, 2.24) is 19.7 Å². The second-order valence-corrected chi connectivity index (χ2v) is 9.06. The van der Waals surface area contributed by atoms with Crippen molar-refractivity contribution in [2.75, 3.05) is 0 Å². The van der Waals surface area contributed by atoms with E-state index in [2.05, 4.69) is 15.2 Å². The zero-order valence-electron chi connectivity index (χ0n) is 20.0. The first-order chi connectivity index (χ1) is 18.0. The predicted octanol–water partition coefficient (Wildman–Crippen LogP) is 5.50. The van der Waals surface area contributed by atoms with Gasteiger partial charge in [0.1, 0.15) is 5.75 Å². The SMILES string of the molecule is CC(C)c1ccc(-c2cc(Cn3cnc(C(F)(F)F)c(Oc4cc(Cl)cc(C#N)c4)c3=O)n[nH]c2=O)cc1. The van der Waals surface area contributed by atoms with E-state index in [1.807, 2.05) is 26.0 Å². The minimum atomic E-state index is -5.00. The van der Waals surface area contributed by atoms with E-state index in [4.69, 9.17) is 21.6 Å². The molecule has 0 saturated carbocycles. The first-order valence-corrected chi connectivity index (χ1v) is 11.6. The van der Waals surface area contributed by atoms with Crippen LogP contribution in [0.15, 0.2) is 64.4 Å². The molecule has 0 spiro atoms. The summed E-state index contributed by atoms with van der Waals surface area (Å²) < 4.78 is 47.1. The summed E-state index contributed by atoms with van der Waals surface area (Å²) >= 11 is 5.92. The summed E-state index contributed by atoms with van der Waals surface area (Å²) in [6.07, 6.45) is -4.28. The zero-order chi connectivity index (χ0) is 27.6. The Kier molecular flexibility index (Phi) is 7.37. The Balaban J connectivity index is 1.74. The summed E-state index contributed by atoms with van der Waals surface area (Å²) in [5.41, 5.74) is -0.987. The lowest BCUT2D eigenvalue weighted by Gasteiger charge is -2.15. The van der Waals surface area contributed by atoms with Gasteiger partial charge in [-0.05, 0) is 41.3 Å². The van der Waals surface area contributed by atoms with Gasteiger partial charge in [-0.2, -0.15) is 23.5 Å². The minimum absolute atomic E-state index is 0.0247. The number of nitrogens with zero attached hydrogens (tertiary/aromatic N) is 4. The number of aromatic amines is 1. The monoisotopic (exact) mass is 541 g/mol. The van der Waals surface area contributed by atoms with Crippen LogP contribution in [-0.4, -0.2) is 19.7 Å². The van der Waals surface area contributed by atoms with Crippen LogP contribution in [0.2, 0.25) is 5.02 Å². The molecule has 0 aliphatic heterocycles. The van der Waals surface area contributed by atoms with Crippen LogP contribution in [0.3, 0.4) is 0 Å². The zero-order valence-corrected chi connectivity index (χ0v) is 20.8. The molecule has 0 radical (unpaired) electrons. The molecule has 0 aliphatic carbocycles. The molecule has 0 bridgehead atoms. The van der Waals surface area contributed by atoms with Crippen molar-refractivity contribution in [2.45, 2.75) is 32.5 Å². The molecule has 2 heterocycles. The molecule has 0 atom stereocenters. The number of benzene rings is 2. The molecule has 12 heteroatoms. The van der Waals surface area contributed by atoms with E-state index in [0.717, 1.165) is 22.5 Å². The van der Waals surface area contributed by atoms with Gasteiger partial charge in [0.2, 0.25) is 5.75 Å². The van der Waals surface area contributed by atoms with E-state index in [1.54, 1.807) is 18.2 Å². The molecule has 1 N–H and O–H groups in total. The van der Waals surface area contributed by atoms with Crippen molar-refractivity contribution < 1.29 is 17.9 Å². The fourth-order valence-electron chi connectivity index (χ4n) is 3.65. The Morgan fingerprint density at radius 2 is 1.84 bits per heavy atom. The van der Waals surface area contributed by atoms with E-state index in [0.29, 0.717) is 11.5 Å². The number of hydrogen-bond acceptors (Lipinski definition) is 6. The van der Waals surface area contributed by atoms with Crippen LogP contribution in [0, 0.1) is 11.3 Å². The Labute approximate surface area is 218 Å². The minimum Gasteiger partial charge on any atom is -0.449 e. The number of nitrogens with one attached hydrogen (secondary N) is 1. The molecule has 2 aromatic heterocycles. The Bertz CT molecular complexity index is 1660. The fourth-order valence-corrected chi connectivity index (χ4v) is 3.87. The van der Waals surface area contributed by atoms with Crippen molar-refractivity contribution in [3.63, 3.8) is 0 Å². The highest BCUT2D eigenvalue weighted by Crippen LogP contribution is 2.35. The molecule has 4 aromatic rings. The van der Waals surface area contributed by atoms with Gasteiger partial charge in [-0.25, -0.2) is 10.1 Å². The van der Waals surface area contributed by atoms with Gasteiger partial charge in [0.15, 0.2) is 5.69 Å². The number of alkyl halides is 3. The number of aromatic nitrogens is 4. The van der Waals surface area contributed by atoms with Gasteiger partial charge < -0.3 is 4.74 Å². The predicted molar refractivity (Wildman–Crippen MR) is 133 cm³/mol. The van der Waals surface area contributed by atoms with E-state index in [-0.39, 0.29) is 34.1 Å². The van der Waals surface area contributed by atoms with E-state index in [9.17, 15) is 22.8 Å². The van der Waals surface area contributed by atoms with Gasteiger partial charge in [0.25, 0.3) is 11.1 Å². The van der Waals surface area contributed by atoms with Crippen molar-refractivity contribution in [3.05, 3.63) is 103 Å². The second-order valence-electron chi connectivity index (χ2n) is 8.62. The van der Waals surface area contributed by atoms with Crippen molar-refractivity contribution in [3.8, 4) is 28.7 Å². The maximum Gasteiger partial charge on any atom is 0.437 e. The van der Waals surface area contributed by atoms with Gasteiger partial charge in [-0.3, -0.25) is 14.2 Å². The standard InChI is InChI=1S/C26H19ClF3N5O3/c1-14(2)16-3-5-17(6-4-16)21-10-19(33-34-24(21)36)12-35-13-32-23(26(28,29)30)22(25(35)37)38-20-8-15(11-31)7-18(27)9-20/h3-10,13-14H,12H2,1-2H3,(H,34,36). The van der Waals surface area contributed by atoms with E-state index < -0.39 is 28.7 Å². The number of halogens is 4. The second kappa shape index (κ2) is 10.5. The topological polar surface area (TPSA) is 114 Å². The normalized spacial score (nSPS) is 11.4. The first-order valence-electron chi connectivity index (χ1n) is 11.2. The van der Waals surface area contributed by atoms with Crippen LogP contribution in [0.4, 0.5) is 13.2 Å². The Morgan fingerprint density at radius 3 is 2.47 bits per heavy atom. The molecule has 8 nitrogen and oxygen atoms in total. The average molecular weight is 542 g/mol. The lowest BCUT2D eigenvalue weighted by Crippen LogP contribution is -2.27. The van der Waals surface area contributed by atoms with Crippen LogP contribution >= 0.6 is 11.6 Å². The molecule has 0 fully saturated rings.